The summed E-state index contributed by atoms with van der Waals surface area (Å²) in [5.41, 5.74) is 1.38. The average molecular weight is 482 g/mol. The molecule has 0 spiro atoms. The van der Waals surface area contributed by atoms with Crippen molar-refractivity contribution in [2.75, 3.05) is 46.4 Å². The normalized spacial score (nSPS) is 12.8. The fourth-order valence-electron chi connectivity index (χ4n) is 2.68. The molecule has 5 nitrogen and oxygen atoms in total. The van der Waals surface area contributed by atoms with Gasteiger partial charge in [-0.05, 0) is 55.2 Å². The maximum absolute atomic E-state index is 5.36. The lowest BCUT2D eigenvalue weighted by atomic mass is 10.1. The Morgan fingerprint density at radius 3 is 2.56 bits per heavy atom. The van der Waals surface area contributed by atoms with Crippen molar-refractivity contribution in [1.29, 1.82) is 0 Å². The van der Waals surface area contributed by atoms with Crippen LogP contribution < -0.4 is 10.6 Å². The van der Waals surface area contributed by atoms with E-state index in [-0.39, 0.29) is 24.0 Å². The minimum atomic E-state index is 0. The van der Waals surface area contributed by atoms with Crippen LogP contribution in [-0.4, -0.2) is 57.3 Å². The number of guanidine groups is 1. The number of aliphatic imine (C=N–C) groups is 1. The highest BCUT2D eigenvalue weighted by atomic mass is 127. The van der Waals surface area contributed by atoms with E-state index in [1.807, 2.05) is 14.0 Å². The highest BCUT2D eigenvalue weighted by Crippen LogP contribution is 2.22. The van der Waals surface area contributed by atoms with Crippen LogP contribution in [0.3, 0.4) is 0 Å². The largest absolute Gasteiger partial charge is 0.382 e. The summed E-state index contributed by atoms with van der Waals surface area (Å²) >= 11 is 1.76. The van der Waals surface area contributed by atoms with Crippen molar-refractivity contribution in [2.24, 2.45) is 4.99 Å². The first-order valence-corrected chi connectivity index (χ1v) is 9.99. The Morgan fingerprint density at radius 1 is 1.24 bits per heavy atom. The maximum atomic E-state index is 5.36. The van der Waals surface area contributed by atoms with Gasteiger partial charge in [0.15, 0.2) is 5.96 Å². The minimum Gasteiger partial charge on any atom is -0.382 e. The van der Waals surface area contributed by atoms with E-state index in [0.717, 1.165) is 58.2 Å². The van der Waals surface area contributed by atoms with Gasteiger partial charge in [-0.2, -0.15) is 11.3 Å². The zero-order chi connectivity index (χ0) is 17.6. The summed E-state index contributed by atoms with van der Waals surface area (Å²) in [7, 11) is 1.83. The minimum absolute atomic E-state index is 0. The molecule has 25 heavy (non-hydrogen) atoms. The SMILES string of the molecule is CCOCCCCNC(=NC)NCC(c1ccsc1)N(CC)CC.I. The van der Waals surface area contributed by atoms with E-state index >= 15 is 0 Å². The topological polar surface area (TPSA) is 48.9 Å². The van der Waals surface area contributed by atoms with E-state index in [0.29, 0.717) is 6.04 Å². The van der Waals surface area contributed by atoms with Crippen molar-refractivity contribution in [2.45, 2.75) is 39.7 Å². The van der Waals surface area contributed by atoms with Crippen LogP contribution in [0, 0.1) is 0 Å². The number of halogens is 1. The van der Waals surface area contributed by atoms with Crippen molar-refractivity contribution in [3.8, 4) is 0 Å². The van der Waals surface area contributed by atoms with Crippen LogP contribution in [0.25, 0.3) is 0 Å². The molecule has 7 heteroatoms. The van der Waals surface area contributed by atoms with E-state index in [2.05, 4.69) is 51.2 Å². The first kappa shape index (κ1) is 24.6. The van der Waals surface area contributed by atoms with Gasteiger partial charge in [0.05, 0.1) is 6.04 Å². The Kier molecular flexibility index (Phi) is 15.6. The fourth-order valence-corrected chi connectivity index (χ4v) is 3.39. The molecule has 146 valence electrons. The van der Waals surface area contributed by atoms with Gasteiger partial charge in [-0.15, -0.1) is 24.0 Å². The molecule has 0 aliphatic rings. The van der Waals surface area contributed by atoms with Crippen LogP contribution in [0.1, 0.15) is 45.2 Å². The third-order valence-electron chi connectivity index (χ3n) is 4.08. The summed E-state index contributed by atoms with van der Waals surface area (Å²) in [6.45, 7) is 12.0. The Balaban J connectivity index is 0.00000576. The molecule has 1 aromatic rings. The first-order valence-electron chi connectivity index (χ1n) is 9.05. The summed E-state index contributed by atoms with van der Waals surface area (Å²) in [5, 5.41) is 11.3. The van der Waals surface area contributed by atoms with Crippen LogP contribution >= 0.6 is 35.3 Å². The molecule has 0 bridgehead atoms. The van der Waals surface area contributed by atoms with E-state index < -0.39 is 0 Å². The van der Waals surface area contributed by atoms with Gasteiger partial charge in [0.1, 0.15) is 0 Å². The van der Waals surface area contributed by atoms with Crippen molar-refractivity contribution in [3.63, 3.8) is 0 Å². The third kappa shape index (κ3) is 9.77. The standard InChI is InChI=1S/C18H34N4OS.HI/c1-5-22(6-2)17(16-10-13-24-15-16)14-21-18(19-4)20-11-8-9-12-23-7-3;/h10,13,15,17H,5-9,11-12,14H2,1-4H3,(H2,19,20,21);1H. The molecule has 0 fully saturated rings. The number of ether oxygens (including phenoxy) is 1. The predicted octanol–water partition coefficient (Wildman–Crippen LogP) is 3.73. The summed E-state index contributed by atoms with van der Waals surface area (Å²) in [6, 6.07) is 2.60. The number of nitrogens with zero attached hydrogens (tertiary/aromatic N) is 2. The van der Waals surface area contributed by atoms with Crippen LogP contribution in [0.4, 0.5) is 0 Å². The van der Waals surface area contributed by atoms with Gasteiger partial charge in [-0.25, -0.2) is 0 Å². The van der Waals surface area contributed by atoms with Crippen LogP contribution in [0.5, 0.6) is 0 Å². The van der Waals surface area contributed by atoms with Gasteiger partial charge in [0.2, 0.25) is 0 Å². The van der Waals surface area contributed by atoms with Gasteiger partial charge >= 0.3 is 0 Å². The highest BCUT2D eigenvalue weighted by Gasteiger charge is 2.18. The second-order valence-electron chi connectivity index (χ2n) is 5.58. The van der Waals surface area contributed by atoms with Gasteiger partial charge in [0, 0.05) is 33.4 Å². The van der Waals surface area contributed by atoms with E-state index in [4.69, 9.17) is 4.74 Å². The second kappa shape index (κ2) is 15.8. The zero-order valence-electron chi connectivity index (χ0n) is 16.1. The van der Waals surface area contributed by atoms with E-state index in [9.17, 15) is 0 Å². The van der Waals surface area contributed by atoms with Crippen molar-refractivity contribution in [1.82, 2.24) is 15.5 Å². The molecule has 1 atom stereocenters. The van der Waals surface area contributed by atoms with Crippen LogP contribution in [0.2, 0.25) is 0 Å². The second-order valence-corrected chi connectivity index (χ2v) is 6.36. The molecular weight excluding hydrogens is 447 g/mol. The molecule has 0 radical (unpaired) electrons. The first-order chi connectivity index (χ1) is 11.8. The summed E-state index contributed by atoms with van der Waals surface area (Å²) in [6.07, 6.45) is 2.17. The monoisotopic (exact) mass is 482 g/mol. The molecule has 1 heterocycles. The van der Waals surface area contributed by atoms with Gasteiger partial charge in [0.25, 0.3) is 0 Å². The molecule has 1 unspecified atom stereocenters. The molecule has 0 saturated carbocycles. The Hall–Kier alpha value is -0.380. The molecule has 0 aromatic carbocycles. The third-order valence-corrected chi connectivity index (χ3v) is 4.78. The van der Waals surface area contributed by atoms with E-state index in [1.165, 1.54) is 5.56 Å². The lowest BCUT2D eigenvalue weighted by Gasteiger charge is -2.30. The smallest absolute Gasteiger partial charge is 0.191 e. The quantitative estimate of drug-likeness (QED) is 0.206. The average Bonchev–Trinajstić information content (AvgIpc) is 3.13. The molecular formula is C18H35IN4OS. The van der Waals surface area contributed by atoms with Gasteiger partial charge in [-0.3, -0.25) is 9.89 Å². The number of thiophene rings is 1. The summed E-state index contributed by atoms with van der Waals surface area (Å²) in [4.78, 5) is 6.81. The molecule has 1 rings (SSSR count). The molecule has 0 aliphatic carbocycles. The van der Waals surface area contributed by atoms with Crippen molar-refractivity contribution >= 4 is 41.3 Å². The van der Waals surface area contributed by atoms with Crippen LogP contribution in [-0.2, 0) is 4.74 Å². The van der Waals surface area contributed by atoms with Crippen molar-refractivity contribution in [3.05, 3.63) is 22.4 Å². The number of hydrogen-bond acceptors (Lipinski definition) is 4. The Labute approximate surface area is 174 Å². The Bertz CT molecular complexity index is 438. The lowest BCUT2D eigenvalue weighted by Crippen LogP contribution is -2.43. The van der Waals surface area contributed by atoms with Crippen molar-refractivity contribution < 1.29 is 4.74 Å². The zero-order valence-corrected chi connectivity index (χ0v) is 19.2. The molecule has 0 amide bonds. The highest BCUT2D eigenvalue weighted by molar-refractivity contribution is 14.0. The van der Waals surface area contributed by atoms with Gasteiger partial charge < -0.3 is 15.4 Å². The van der Waals surface area contributed by atoms with Crippen LogP contribution in [0.15, 0.2) is 21.8 Å². The number of unbranched alkanes of at least 4 members (excludes halogenated alkanes) is 1. The predicted molar refractivity (Wildman–Crippen MR) is 120 cm³/mol. The fraction of sp³-hybridized carbons (Fsp3) is 0.722. The Morgan fingerprint density at radius 2 is 2.00 bits per heavy atom. The lowest BCUT2D eigenvalue weighted by molar-refractivity contribution is 0.143. The molecule has 1 aromatic heterocycles. The maximum Gasteiger partial charge on any atom is 0.191 e. The summed E-state index contributed by atoms with van der Waals surface area (Å²) < 4.78 is 5.36. The number of rotatable bonds is 12. The number of hydrogen-bond donors (Lipinski definition) is 2. The molecule has 0 saturated heterocycles. The molecule has 2 N–H and O–H groups in total. The summed E-state index contributed by atoms with van der Waals surface area (Å²) in [5.74, 6) is 0.874. The number of likely N-dealkylation sites (N-methyl/N-ethyl adjacent to an activating group) is 1. The molecule has 0 aliphatic heterocycles. The number of nitrogens with one attached hydrogen (secondary N) is 2. The van der Waals surface area contributed by atoms with E-state index in [1.54, 1.807) is 11.3 Å². The van der Waals surface area contributed by atoms with Gasteiger partial charge in [-0.1, -0.05) is 13.8 Å².